The lowest BCUT2D eigenvalue weighted by Crippen LogP contribution is -2.36. The molecule has 2 aliphatic heterocycles. The van der Waals surface area contributed by atoms with E-state index < -0.39 is 0 Å². The van der Waals surface area contributed by atoms with Crippen molar-refractivity contribution in [2.75, 3.05) is 0 Å². The van der Waals surface area contributed by atoms with Gasteiger partial charge in [-0.25, -0.2) is 0 Å². The van der Waals surface area contributed by atoms with Gasteiger partial charge in [0.25, 0.3) is 0 Å². The average Bonchev–Trinajstić information content (AvgIpc) is 2.83. The Bertz CT molecular complexity index is 358. The van der Waals surface area contributed by atoms with E-state index in [0.29, 0.717) is 11.7 Å². The van der Waals surface area contributed by atoms with E-state index in [0.717, 1.165) is 25.2 Å². The van der Waals surface area contributed by atoms with Crippen LogP contribution in [0, 0.1) is 17.8 Å². The van der Waals surface area contributed by atoms with Gasteiger partial charge in [0, 0.05) is 12.3 Å². The van der Waals surface area contributed by atoms with Crippen LogP contribution in [0.3, 0.4) is 0 Å². The number of rotatable bonds is 0. The first-order valence-electron chi connectivity index (χ1n) is 6.20. The van der Waals surface area contributed by atoms with E-state index >= 15 is 0 Å². The molecule has 0 unspecified atom stereocenters. The molecule has 0 N–H and O–H groups in total. The lowest BCUT2D eigenvalue weighted by atomic mass is 9.72. The zero-order valence-electron chi connectivity index (χ0n) is 8.82. The standard InChI is InChI=1S/C13H16O2/c14-9-3-1-2-8-4-6-13-7-5-10(15-13)11(9)12(8)13/h5,7-8,10-12H,1-4,6H2/t8-,10+,11-,12+,13-/m0/s1. The third-order valence-corrected chi connectivity index (χ3v) is 5.01. The summed E-state index contributed by atoms with van der Waals surface area (Å²) in [5, 5.41) is 0. The van der Waals surface area contributed by atoms with Crippen LogP contribution in [0.4, 0.5) is 0 Å². The number of fused-ring (bicyclic) bond motifs is 2. The molecule has 5 atom stereocenters. The molecule has 2 aliphatic carbocycles. The van der Waals surface area contributed by atoms with E-state index in [2.05, 4.69) is 12.2 Å². The topological polar surface area (TPSA) is 26.3 Å². The molecule has 1 spiro atoms. The van der Waals surface area contributed by atoms with Crippen LogP contribution in [0.5, 0.6) is 0 Å². The van der Waals surface area contributed by atoms with Gasteiger partial charge in [-0.1, -0.05) is 12.2 Å². The van der Waals surface area contributed by atoms with E-state index in [-0.39, 0.29) is 17.6 Å². The fourth-order valence-corrected chi connectivity index (χ4v) is 4.48. The summed E-state index contributed by atoms with van der Waals surface area (Å²) < 4.78 is 6.09. The number of ketones is 1. The van der Waals surface area contributed by atoms with E-state index in [1.54, 1.807) is 0 Å². The Morgan fingerprint density at radius 2 is 2.33 bits per heavy atom. The lowest BCUT2D eigenvalue weighted by molar-refractivity contribution is -0.124. The van der Waals surface area contributed by atoms with Gasteiger partial charge >= 0.3 is 0 Å². The Kier molecular flexibility index (Phi) is 1.44. The molecule has 0 aromatic rings. The minimum absolute atomic E-state index is 0.0139. The molecule has 0 radical (unpaired) electrons. The molecular formula is C13H16O2. The third-order valence-electron chi connectivity index (χ3n) is 5.01. The second kappa shape index (κ2) is 2.54. The van der Waals surface area contributed by atoms with Crippen LogP contribution >= 0.6 is 0 Å². The van der Waals surface area contributed by atoms with Crippen molar-refractivity contribution in [3.63, 3.8) is 0 Å². The minimum atomic E-state index is -0.0139. The van der Waals surface area contributed by atoms with Gasteiger partial charge in [-0.3, -0.25) is 4.79 Å². The average molecular weight is 204 g/mol. The molecular weight excluding hydrogens is 188 g/mol. The number of Topliss-reactive ketones (excluding diaryl/α,β-unsaturated/α-hetero) is 1. The van der Waals surface area contributed by atoms with Crippen molar-refractivity contribution >= 4 is 5.78 Å². The highest BCUT2D eigenvalue weighted by molar-refractivity contribution is 5.83. The zero-order chi connectivity index (χ0) is 10.0. The molecule has 0 amide bonds. The molecule has 3 fully saturated rings. The largest absolute Gasteiger partial charge is 0.363 e. The summed E-state index contributed by atoms with van der Waals surface area (Å²) in [7, 11) is 0. The first kappa shape index (κ1) is 8.51. The Morgan fingerprint density at radius 1 is 1.40 bits per heavy atom. The van der Waals surface area contributed by atoms with Crippen molar-refractivity contribution in [3.8, 4) is 0 Å². The highest BCUT2D eigenvalue weighted by atomic mass is 16.5. The number of hydrogen-bond donors (Lipinski definition) is 0. The van der Waals surface area contributed by atoms with Gasteiger partial charge in [0.2, 0.25) is 0 Å². The van der Waals surface area contributed by atoms with Gasteiger partial charge in [0.15, 0.2) is 0 Å². The van der Waals surface area contributed by atoms with Crippen LogP contribution < -0.4 is 0 Å². The number of hydrogen-bond acceptors (Lipinski definition) is 2. The maximum atomic E-state index is 12.1. The van der Waals surface area contributed by atoms with Crippen LogP contribution in [-0.4, -0.2) is 17.5 Å². The highest BCUT2D eigenvalue weighted by Gasteiger charge is 2.63. The minimum Gasteiger partial charge on any atom is -0.363 e. The van der Waals surface area contributed by atoms with E-state index in [9.17, 15) is 4.79 Å². The molecule has 4 aliphatic rings. The van der Waals surface area contributed by atoms with Gasteiger partial charge < -0.3 is 4.74 Å². The van der Waals surface area contributed by atoms with E-state index in [1.807, 2.05) is 0 Å². The molecule has 2 heteroatoms. The Labute approximate surface area is 89.7 Å². The first-order chi connectivity index (χ1) is 7.30. The summed E-state index contributed by atoms with van der Waals surface area (Å²) in [4.78, 5) is 12.1. The predicted molar refractivity (Wildman–Crippen MR) is 55.3 cm³/mol. The maximum Gasteiger partial charge on any atom is 0.139 e. The van der Waals surface area contributed by atoms with Crippen LogP contribution in [0.2, 0.25) is 0 Å². The highest BCUT2D eigenvalue weighted by Crippen LogP contribution is 2.60. The van der Waals surface area contributed by atoms with E-state index in [4.69, 9.17) is 4.74 Å². The van der Waals surface area contributed by atoms with Crippen LogP contribution in [0.15, 0.2) is 12.2 Å². The number of carbonyl (C=O) groups excluding carboxylic acids is 1. The van der Waals surface area contributed by atoms with Crippen molar-refractivity contribution in [1.29, 1.82) is 0 Å². The second-order valence-electron chi connectivity index (χ2n) is 5.61. The smallest absolute Gasteiger partial charge is 0.139 e. The van der Waals surface area contributed by atoms with Crippen molar-refractivity contribution in [3.05, 3.63) is 12.2 Å². The van der Waals surface area contributed by atoms with Crippen molar-refractivity contribution < 1.29 is 9.53 Å². The number of carbonyl (C=O) groups is 1. The molecule has 2 nitrogen and oxygen atoms in total. The van der Waals surface area contributed by atoms with Crippen LogP contribution in [-0.2, 0) is 9.53 Å². The Hall–Kier alpha value is -0.630. The fourth-order valence-electron chi connectivity index (χ4n) is 4.48. The molecule has 15 heavy (non-hydrogen) atoms. The van der Waals surface area contributed by atoms with Crippen LogP contribution in [0.1, 0.15) is 32.1 Å². The monoisotopic (exact) mass is 204 g/mol. The molecule has 4 rings (SSSR count). The second-order valence-corrected chi connectivity index (χ2v) is 5.61. The third kappa shape index (κ3) is 0.878. The van der Waals surface area contributed by atoms with Gasteiger partial charge in [0.1, 0.15) is 5.78 Å². The molecule has 80 valence electrons. The maximum absolute atomic E-state index is 12.1. The van der Waals surface area contributed by atoms with Crippen molar-refractivity contribution in [2.45, 2.75) is 43.8 Å². The predicted octanol–water partition coefficient (Wildman–Crippen LogP) is 2.09. The molecule has 0 aromatic heterocycles. The summed E-state index contributed by atoms with van der Waals surface area (Å²) >= 11 is 0. The normalized spacial score (nSPS) is 55.9. The van der Waals surface area contributed by atoms with E-state index in [1.165, 1.54) is 12.8 Å². The Balaban J connectivity index is 1.85. The summed E-state index contributed by atoms with van der Waals surface area (Å²) in [6, 6.07) is 0. The SMILES string of the molecule is O=C1CCC[C@H]2CC[C@@]34C=C[C@@H](O3)[C@H]1[C@@H]24. The quantitative estimate of drug-likeness (QED) is 0.565. The molecule has 2 heterocycles. The summed E-state index contributed by atoms with van der Waals surface area (Å²) in [6.07, 6.45) is 10.1. The van der Waals surface area contributed by atoms with Gasteiger partial charge in [-0.2, -0.15) is 0 Å². The van der Waals surface area contributed by atoms with Crippen molar-refractivity contribution in [1.82, 2.24) is 0 Å². The van der Waals surface area contributed by atoms with Gasteiger partial charge in [0.05, 0.1) is 17.6 Å². The Morgan fingerprint density at radius 3 is 3.27 bits per heavy atom. The molecule has 2 saturated carbocycles. The first-order valence-corrected chi connectivity index (χ1v) is 6.20. The zero-order valence-corrected chi connectivity index (χ0v) is 8.82. The molecule has 0 aromatic carbocycles. The molecule has 1 saturated heterocycles. The van der Waals surface area contributed by atoms with Gasteiger partial charge in [-0.05, 0) is 31.6 Å². The van der Waals surface area contributed by atoms with Crippen molar-refractivity contribution in [2.24, 2.45) is 17.8 Å². The van der Waals surface area contributed by atoms with Gasteiger partial charge in [-0.15, -0.1) is 0 Å². The number of ether oxygens (including phenoxy) is 1. The fraction of sp³-hybridized carbons (Fsp3) is 0.769. The summed E-state index contributed by atoms with van der Waals surface area (Å²) in [5.41, 5.74) is -0.0139. The van der Waals surface area contributed by atoms with Crippen LogP contribution in [0.25, 0.3) is 0 Å². The molecule has 2 bridgehead atoms. The summed E-state index contributed by atoms with van der Waals surface area (Å²) in [6.45, 7) is 0. The lowest BCUT2D eigenvalue weighted by Gasteiger charge is -2.28. The summed E-state index contributed by atoms with van der Waals surface area (Å²) in [5.74, 6) is 1.98.